The number of rotatable bonds is 3. The summed E-state index contributed by atoms with van der Waals surface area (Å²) >= 11 is 0. The summed E-state index contributed by atoms with van der Waals surface area (Å²) < 4.78 is 36.8. The van der Waals surface area contributed by atoms with E-state index in [1.165, 1.54) is 6.92 Å². The van der Waals surface area contributed by atoms with E-state index in [2.05, 4.69) is 10.6 Å². The summed E-state index contributed by atoms with van der Waals surface area (Å²) in [5.41, 5.74) is -0.708. The zero-order valence-corrected chi connectivity index (χ0v) is 9.78. The van der Waals surface area contributed by atoms with Crippen LogP contribution in [0.25, 0.3) is 0 Å². The van der Waals surface area contributed by atoms with Crippen LogP contribution in [0.3, 0.4) is 0 Å². The van der Waals surface area contributed by atoms with Gasteiger partial charge in [-0.05, 0) is 31.2 Å². The van der Waals surface area contributed by atoms with Crippen molar-refractivity contribution in [3.63, 3.8) is 0 Å². The van der Waals surface area contributed by atoms with Crippen LogP contribution in [-0.2, 0) is 11.0 Å². The summed E-state index contributed by atoms with van der Waals surface area (Å²) in [5.74, 6) is -1.22. The minimum atomic E-state index is -4.45. The number of hydrogen-bond acceptors (Lipinski definition) is 2. The van der Waals surface area contributed by atoms with Crippen molar-refractivity contribution in [2.45, 2.75) is 19.1 Å². The zero-order valence-electron chi connectivity index (χ0n) is 9.78. The first kappa shape index (κ1) is 14.8. The molecule has 0 spiro atoms. The number of amides is 2. The van der Waals surface area contributed by atoms with Gasteiger partial charge in [0.2, 0.25) is 0 Å². The van der Waals surface area contributed by atoms with E-state index in [0.29, 0.717) is 0 Å². The lowest BCUT2D eigenvalue weighted by Gasteiger charge is -2.11. The molecule has 2 amide bonds. The van der Waals surface area contributed by atoms with Crippen molar-refractivity contribution >= 4 is 17.7 Å². The molecule has 104 valence electrons. The number of aliphatic carboxylic acids is 1. The maximum absolute atomic E-state index is 12.3. The molecule has 0 bridgehead atoms. The van der Waals surface area contributed by atoms with Crippen LogP contribution < -0.4 is 10.6 Å². The van der Waals surface area contributed by atoms with Crippen molar-refractivity contribution in [2.75, 3.05) is 5.32 Å². The zero-order chi connectivity index (χ0) is 14.6. The molecule has 0 aliphatic carbocycles. The number of benzene rings is 1. The number of carbonyl (C=O) groups is 2. The normalized spacial score (nSPS) is 12.6. The average molecular weight is 276 g/mol. The van der Waals surface area contributed by atoms with E-state index in [4.69, 9.17) is 5.11 Å². The highest BCUT2D eigenvalue weighted by molar-refractivity contribution is 5.92. The van der Waals surface area contributed by atoms with Crippen LogP contribution in [-0.4, -0.2) is 23.1 Å². The fourth-order valence-electron chi connectivity index (χ4n) is 1.17. The van der Waals surface area contributed by atoms with E-state index in [1.807, 2.05) is 0 Å². The molecule has 19 heavy (non-hydrogen) atoms. The fraction of sp³-hybridized carbons (Fsp3) is 0.273. The molecule has 5 nitrogen and oxygen atoms in total. The Morgan fingerprint density at radius 2 is 1.74 bits per heavy atom. The number of hydrogen-bond donors (Lipinski definition) is 3. The van der Waals surface area contributed by atoms with Gasteiger partial charge in [0.25, 0.3) is 0 Å². The van der Waals surface area contributed by atoms with Crippen LogP contribution in [0.2, 0.25) is 0 Å². The van der Waals surface area contributed by atoms with Crippen molar-refractivity contribution < 1.29 is 27.9 Å². The smallest absolute Gasteiger partial charge is 0.416 e. The summed E-state index contributed by atoms with van der Waals surface area (Å²) in [5, 5.41) is 12.9. The van der Waals surface area contributed by atoms with Gasteiger partial charge in [-0.15, -0.1) is 0 Å². The van der Waals surface area contributed by atoms with Gasteiger partial charge >= 0.3 is 18.2 Å². The molecule has 0 fully saturated rings. The lowest BCUT2D eigenvalue weighted by Crippen LogP contribution is -2.40. The Kier molecular flexibility index (Phi) is 4.36. The number of nitrogens with one attached hydrogen (secondary N) is 2. The van der Waals surface area contributed by atoms with Crippen molar-refractivity contribution in [1.82, 2.24) is 5.32 Å². The Bertz CT molecular complexity index is 471. The van der Waals surface area contributed by atoms with Gasteiger partial charge in [0.05, 0.1) is 5.56 Å². The predicted molar refractivity (Wildman–Crippen MR) is 60.7 cm³/mol. The van der Waals surface area contributed by atoms with Gasteiger partial charge < -0.3 is 15.7 Å². The number of carboxylic acids is 1. The molecule has 1 aromatic carbocycles. The molecule has 1 atom stereocenters. The lowest BCUT2D eigenvalue weighted by atomic mass is 10.2. The number of carboxylic acid groups (broad SMARTS) is 1. The Balaban J connectivity index is 2.63. The molecule has 0 saturated carbocycles. The summed E-state index contributed by atoms with van der Waals surface area (Å²) in [4.78, 5) is 21.8. The largest absolute Gasteiger partial charge is 0.480 e. The van der Waals surface area contributed by atoms with E-state index in [0.717, 1.165) is 24.3 Å². The topological polar surface area (TPSA) is 78.4 Å². The van der Waals surface area contributed by atoms with E-state index in [9.17, 15) is 22.8 Å². The van der Waals surface area contributed by atoms with Gasteiger partial charge in [0.15, 0.2) is 0 Å². The van der Waals surface area contributed by atoms with Crippen molar-refractivity contribution in [1.29, 1.82) is 0 Å². The van der Waals surface area contributed by atoms with Crippen LogP contribution in [0.15, 0.2) is 24.3 Å². The molecule has 0 unspecified atom stereocenters. The number of carbonyl (C=O) groups excluding carboxylic acids is 1. The summed E-state index contributed by atoms with van der Waals surface area (Å²) in [7, 11) is 0. The maximum atomic E-state index is 12.3. The lowest BCUT2D eigenvalue weighted by molar-refractivity contribution is -0.139. The molecule has 0 saturated heterocycles. The van der Waals surface area contributed by atoms with E-state index in [-0.39, 0.29) is 5.69 Å². The first-order valence-electron chi connectivity index (χ1n) is 5.17. The van der Waals surface area contributed by atoms with Gasteiger partial charge in [-0.25, -0.2) is 4.79 Å². The van der Waals surface area contributed by atoms with Crippen LogP contribution >= 0.6 is 0 Å². The van der Waals surface area contributed by atoms with Crippen LogP contribution in [0.1, 0.15) is 12.5 Å². The third-order valence-electron chi connectivity index (χ3n) is 2.19. The predicted octanol–water partition coefficient (Wildman–Crippen LogP) is 2.30. The monoisotopic (exact) mass is 276 g/mol. The minimum absolute atomic E-state index is 0.128. The van der Waals surface area contributed by atoms with Crippen molar-refractivity contribution in [3.05, 3.63) is 29.8 Å². The van der Waals surface area contributed by atoms with Gasteiger partial charge in [-0.3, -0.25) is 4.79 Å². The number of halogens is 3. The Labute approximate surface area is 106 Å². The summed E-state index contributed by atoms with van der Waals surface area (Å²) in [6.45, 7) is 1.26. The fourth-order valence-corrected chi connectivity index (χ4v) is 1.17. The van der Waals surface area contributed by atoms with E-state index >= 15 is 0 Å². The summed E-state index contributed by atoms with van der Waals surface area (Å²) in [6.07, 6.45) is -4.45. The Morgan fingerprint density at radius 1 is 1.21 bits per heavy atom. The first-order valence-corrected chi connectivity index (χ1v) is 5.17. The molecule has 8 heteroatoms. The van der Waals surface area contributed by atoms with E-state index < -0.39 is 29.8 Å². The second kappa shape index (κ2) is 5.59. The maximum Gasteiger partial charge on any atom is 0.416 e. The second-order valence-corrected chi connectivity index (χ2v) is 3.73. The standard InChI is InChI=1S/C11H11F3N2O3/c1-6(9(17)18)15-10(19)16-8-4-2-7(3-5-8)11(12,13)14/h2-6H,1H3,(H,17,18)(H2,15,16,19)/t6-/m1/s1. The SMILES string of the molecule is C[C@@H](NC(=O)Nc1ccc(C(F)(F)F)cc1)C(=O)O. The van der Waals surface area contributed by atoms with Gasteiger partial charge in [0.1, 0.15) is 6.04 Å². The van der Waals surface area contributed by atoms with Gasteiger partial charge in [0, 0.05) is 5.69 Å². The third kappa shape index (κ3) is 4.49. The quantitative estimate of drug-likeness (QED) is 0.792. The molecule has 0 radical (unpaired) electrons. The highest BCUT2D eigenvalue weighted by atomic mass is 19.4. The Morgan fingerprint density at radius 3 is 2.16 bits per heavy atom. The molecule has 0 aromatic heterocycles. The van der Waals surface area contributed by atoms with Crippen LogP contribution in [0.5, 0.6) is 0 Å². The second-order valence-electron chi connectivity index (χ2n) is 3.73. The third-order valence-corrected chi connectivity index (χ3v) is 2.19. The Hall–Kier alpha value is -2.25. The molecular weight excluding hydrogens is 265 g/mol. The minimum Gasteiger partial charge on any atom is -0.480 e. The highest BCUT2D eigenvalue weighted by Crippen LogP contribution is 2.29. The molecule has 0 aliphatic heterocycles. The summed E-state index contributed by atoms with van der Waals surface area (Å²) in [6, 6.07) is 1.87. The van der Waals surface area contributed by atoms with Gasteiger partial charge in [-0.2, -0.15) is 13.2 Å². The molecule has 1 aromatic rings. The molecule has 3 N–H and O–H groups in total. The van der Waals surface area contributed by atoms with Crippen LogP contribution in [0, 0.1) is 0 Å². The molecule has 1 rings (SSSR count). The number of urea groups is 1. The van der Waals surface area contributed by atoms with Crippen molar-refractivity contribution in [3.8, 4) is 0 Å². The highest BCUT2D eigenvalue weighted by Gasteiger charge is 2.30. The number of alkyl halides is 3. The van der Waals surface area contributed by atoms with Crippen LogP contribution in [0.4, 0.5) is 23.7 Å². The average Bonchev–Trinajstić information content (AvgIpc) is 2.28. The van der Waals surface area contributed by atoms with Gasteiger partial charge in [-0.1, -0.05) is 0 Å². The molecule has 0 aliphatic rings. The van der Waals surface area contributed by atoms with E-state index in [1.54, 1.807) is 0 Å². The molecular formula is C11H11F3N2O3. The molecule has 0 heterocycles. The first-order chi connectivity index (χ1) is 8.70. The number of anilines is 1. The van der Waals surface area contributed by atoms with Crippen molar-refractivity contribution in [2.24, 2.45) is 0 Å².